The van der Waals surface area contributed by atoms with Crippen LogP contribution in [-0.2, 0) is 5.41 Å². The van der Waals surface area contributed by atoms with Gasteiger partial charge in [0.2, 0.25) is 0 Å². The van der Waals surface area contributed by atoms with Gasteiger partial charge in [-0.3, -0.25) is 0 Å². The molecule has 2 aliphatic carbocycles. The van der Waals surface area contributed by atoms with Crippen LogP contribution in [0.4, 0.5) is 0 Å². The maximum Gasteiger partial charge on any atom is 0.0668 e. The Hall–Kier alpha value is -1.80. The van der Waals surface area contributed by atoms with Gasteiger partial charge in [-0.1, -0.05) is 44.6 Å². The normalized spacial score (nSPS) is 29.5. The van der Waals surface area contributed by atoms with Gasteiger partial charge in [0.05, 0.1) is 6.10 Å². The van der Waals surface area contributed by atoms with Gasteiger partial charge >= 0.3 is 0 Å². The third-order valence-corrected chi connectivity index (χ3v) is 6.01. The second kappa shape index (κ2) is 4.14. The van der Waals surface area contributed by atoms with Crippen molar-refractivity contribution in [2.75, 3.05) is 0 Å². The van der Waals surface area contributed by atoms with Crippen molar-refractivity contribution < 1.29 is 5.11 Å². The monoisotopic (exact) mass is 293 g/mol. The summed E-state index contributed by atoms with van der Waals surface area (Å²) in [7, 11) is 0. The second-order valence-corrected chi connectivity index (χ2v) is 7.62. The maximum atomic E-state index is 10.7. The van der Waals surface area contributed by atoms with E-state index < -0.39 is 0 Å². The topological polar surface area (TPSA) is 36.0 Å². The Morgan fingerprint density at radius 3 is 2.82 bits per heavy atom. The van der Waals surface area contributed by atoms with Crippen LogP contribution in [0.5, 0.6) is 0 Å². The molecule has 2 aromatic rings. The zero-order chi connectivity index (χ0) is 15.7. The number of rotatable bonds is 1. The highest BCUT2D eigenvalue weighted by molar-refractivity contribution is 6.00. The van der Waals surface area contributed by atoms with Crippen LogP contribution >= 0.6 is 0 Å². The largest absolute Gasteiger partial charge is 0.392 e. The minimum absolute atomic E-state index is 0.0342. The summed E-state index contributed by atoms with van der Waals surface area (Å²) in [6.45, 7) is 10.7. The van der Waals surface area contributed by atoms with Gasteiger partial charge in [0.15, 0.2) is 0 Å². The molecule has 0 unspecified atom stereocenters. The molecule has 2 nitrogen and oxygen atoms in total. The Labute approximate surface area is 131 Å². The molecule has 114 valence electrons. The van der Waals surface area contributed by atoms with Crippen molar-refractivity contribution >= 4 is 16.5 Å². The molecule has 0 radical (unpaired) electrons. The van der Waals surface area contributed by atoms with Crippen LogP contribution in [-0.4, -0.2) is 16.2 Å². The van der Waals surface area contributed by atoms with Crippen molar-refractivity contribution in [3.8, 4) is 0 Å². The summed E-state index contributed by atoms with van der Waals surface area (Å²) >= 11 is 0. The van der Waals surface area contributed by atoms with E-state index in [1.807, 2.05) is 6.08 Å². The lowest BCUT2D eigenvalue weighted by Crippen LogP contribution is -2.39. The summed E-state index contributed by atoms with van der Waals surface area (Å²) in [6, 6.07) is 6.50. The van der Waals surface area contributed by atoms with E-state index in [-0.39, 0.29) is 16.9 Å². The summed E-state index contributed by atoms with van der Waals surface area (Å²) in [4.78, 5) is 3.42. The molecule has 0 saturated carbocycles. The van der Waals surface area contributed by atoms with Gasteiger partial charge in [0, 0.05) is 33.5 Å². The summed E-state index contributed by atoms with van der Waals surface area (Å²) in [5.41, 5.74) is 6.41. The quantitative estimate of drug-likeness (QED) is 0.743. The van der Waals surface area contributed by atoms with Crippen LogP contribution in [0.3, 0.4) is 0 Å². The molecular weight excluding hydrogens is 270 g/mol. The number of benzene rings is 1. The number of nitrogens with one attached hydrogen (secondary N) is 1. The van der Waals surface area contributed by atoms with Gasteiger partial charge in [0.25, 0.3) is 0 Å². The van der Waals surface area contributed by atoms with Crippen LogP contribution in [0.15, 0.2) is 42.6 Å². The van der Waals surface area contributed by atoms with Crippen molar-refractivity contribution in [3.05, 3.63) is 53.8 Å². The Balaban J connectivity index is 2.04. The third kappa shape index (κ3) is 1.54. The van der Waals surface area contributed by atoms with Gasteiger partial charge in [-0.05, 0) is 30.0 Å². The summed E-state index contributed by atoms with van der Waals surface area (Å²) < 4.78 is 0. The van der Waals surface area contributed by atoms with Crippen LogP contribution in [0, 0.1) is 5.41 Å². The molecule has 0 bridgehead atoms. The van der Waals surface area contributed by atoms with E-state index in [1.54, 1.807) is 0 Å². The highest BCUT2D eigenvalue weighted by Crippen LogP contribution is 2.55. The third-order valence-electron chi connectivity index (χ3n) is 6.01. The number of allylic oxidation sites excluding steroid dienone is 1. The minimum Gasteiger partial charge on any atom is -0.392 e. The fraction of sp³-hybridized carbons (Fsp3) is 0.400. The molecule has 0 saturated heterocycles. The van der Waals surface area contributed by atoms with Crippen LogP contribution in [0.25, 0.3) is 16.5 Å². The molecule has 0 amide bonds. The average molecular weight is 293 g/mol. The first-order valence-corrected chi connectivity index (χ1v) is 8.03. The van der Waals surface area contributed by atoms with E-state index in [9.17, 15) is 5.11 Å². The molecule has 0 spiro atoms. The van der Waals surface area contributed by atoms with Gasteiger partial charge < -0.3 is 10.1 Å². The standard InChI is InChI=1S/C20H23NO/c1-5-20(4)10-12-13-11-21-16-8-6-7-14(18(13)16)19(2,3)15(12)9-17(20)22/h5-8,11,17,21-22H,1,9-10H2,2-4H3/t17-,20-/m1/s1. The number of fused-ring (bicyclic) bond motifs is 1. The highest BCUT2D eigenvalue weighted by atomic mass is 16.3. The Morgan fingerprint density at radius 1 is 1.32 bits per heavy atom. The van der Waals surface area contributed by atoms with E-state index in [0.717, 1.165) is 12.8 Å². The zero-order valence-corrected chi connectivity index (χ0v) is 13.5. The van der Waals surface area contributed by atoms with Crippen molar-refractivity contribution in [3.63, 3.8) is 0 Å². The Morgan fingerprint density at radius 2 is 2.09 bits per heavy atom. The minimum atomic E-state index is -0.359. The van der Waals surface area contributed by atoms with Crippen molar-refractivity contribution in [1.82, 2.24) is 4.98 Å². The Kier molecular flexibility index (Phi) is 2.60. The molecule has 2 atom stereocenters. The SMILES string of the molecule is C=C[C@]1(C)CC2=C(C[C@H]1O)C(C)(C)c1cccc3[nH]cc2c13. The lowest BCUT2D eigenvalue weighted by Gasteiger charge is -2.45. The molecule has 1 aromatic heterocycles. The molecule has 0 aliphatic heterocycles. The van der Waals surface area contributed by atoms with Crippen LogP contribution in [0.2, 0.25) is 0 Å². The first kappa shape index (κ1) is 13.8. The van der Waals surface area contributed by atoms with Crippen molar-refractivity contribution in [1.29, 1.82) is 0 Å². The van der Waals surface area contributed by atoms with Crippen LogP contribution < -0.4 is 0 Å². The van der Waals surface area contributed by atoms with Gasteiger partial charge in [-0.25, -0.2) is 0 Å². The number of aliphatic hydroxyl groups is 1. The van der Waals surface area contributed by atoms with E-state index in [2.05, 4.69) is 56.7 Å². The molecule has 1 heterocycles. The zero-order valence-electron chi connectivity index (χ0n) is 13.5. The highest BCUT2D eigenvalue weighted by Gasteiger charge is 2.44. The first-order chi connectivity index (χ1) is 10.4. The predicted molar refractivity (Wildman–Crippen MR) is 91.8 cm³/mol. The van der Waals surface area contributed by atoms with Gasteiger partial charge in [0.1, 0.15) is 0 Å². The lowest BCUT2D eigenvalue weighted by atomic mass is 9.60. The van der Waals surface area contributed by atoms with Gasteiger partial charge in [-0.2, -0.15) is 0 Å². The van der Waals surface area contributed by atoms with E-state index in [4.69, 9.17) is 0 Å². The summed E-state index contributed by atoms with van der Waals surface area (Å²) in [5.74, 6) is 0. The number of H-pyrrole nitrogens is 1. The van der Waals surface area contributed by atoms with E-state index in [0.29, 0.717) is 0 Å². The lowest BCUT2D eigenvalue weighted by molar-refractivity contribution is 0.0647. The fourth-order valence-electron chi connectivity index (χ4n) is 4.36. The molecule has 22 heavy (non-hydrogen) atoms. The summed E-state index contributed by atoms with van der Waals surface area (Å²) in [5, 5.41) is 12.0. The molecule has 4 rings (SSSR count). The molecule has 2 aliphatic rings. The van der Waals surface area contributed by atoms with E-state index >= 15 is 0 Å². The smallest absolute Gasteiger partial charge is 0.0668 e. The van der Waals surface area contributed by atoms with E-state index in [1.165, 1.54) is 33.2 Å². The number of aliphatic hydroxyl groups excluding tert-OH is 1. The number of hydrogen-bond acceptors (Lipinski definition) is 1. The molecule has 0 fully saturated rings. The molecule has 1 aromatic carbocycles. The Bertz CT molecular complexity index is 823. The molecular formula is C20H23NO. The maximum absolute atomic E-state index is 10.7. The number of aromatic amines is 1. The van der Waals surface area contributed by atoms with Gasteiger partial charge in [-0.15, -0.1) is 6.58 Å². The van der Waals surface area contributed by atoms with Crippen molar-refractivity contribution in [2.24, 2.45) is 5.41 Å². The first-order valence-electron chi connectivity index (χ1n) is 8.03. The van der Waals surface area contributed by atoms with Crippen molar-refractivity contribution in [2.45, 2.75) is 45.1 Å². The molecule has 2 N–H and O–H groups in total. The summed E-state index contributed by atoms with van der Waals surface area (Å²) in [6.07, 6.45) is 5.30. The fourth-order valence-corrected chi connectivity index (χ4v) is 4.36. The average Bonchev–Trinajstić information content (AvgIpc) is 2.92. The second-order valence-electron chi connectivity index (χ2n) is 7.62. The number of aromatic nitrogens is 1. The van der Waals surface area contributed by atoms with Crippen LogP contribution in [0.1, 0.15) is 44.7 Å². The molecule has 2 heteroatoms. The predicted octanol–water partition coefficient (Wildman–Crippen LogP) is 4.56. The number of hydrogen-bond donors (Lipinski definition) is 2.